The number of ether oxygens (including phenoxy) is 1. The minimum Gasteiger partial charge on any atom is -0.446 e. The Kier molecular flexibility index (Phi) is 5.88. The van der Waals surface area contributed by atoms with E-state index in [1.807, 2.05) is 6.07 Å². The Labute approximate surface area is 173 Å². The fourth-order valence-corrected chi connectivity index (χ4v) is 3.70. The third-order valence-corrected chi connectivity index (χ3v) is 5.27. The van der Waals surface area contributed by atoms with Gasteiger partial charge in [-0.3, -0.25) is 19.0 Å². The smallest absolute Gasteiger partial charge is 0.327 e. The van der Waals surface area contributed by atoms with Crippen molar-refractivity contribution in [2.24, 2.45) is 0 Å². The van der Waals surface area contributed by atoms with E-state index in [1.165, 1.54) is 10.9 Å². The van der Waals surface area contributed by atoms with Gasteiger partial charge in [-0.25, -0.2) is 4.98 Å². The van der Waals surface area contributed by atoms with Crippen molar-refractivity contribution in [3.05, 3.63) is 76.8 Å². The molecule has 3 aromatic rings. The van der Waals surface area contributed by atoms with E-state index < -0.39 is 12.1 Å². The summed E-state index contributed by atoms with van der Waals surface area (Å²) in [6, 6.07) is 15.9. The van der Waals surface area contributed by atoms with Gasteiger partial charge in [-0.05, 0) is 31.4 Å². The van der Waals surface area contributed by atoms with E-state index >= 15 is 0 Å². The Morgan fingerprint density at radius 1 is 0.967 bits per heavy atom. The van der Waals surface area contributed by atoms with Crippen LogP contribution in [0.4, 0.5) is 0 Å². The van der Waals surface area contributed by atoms with Crippen LogP contribution in [0.5, 0.6) is 0 Å². The monoisotopic (exact) mass is 405 g/mol. The van der Waals surface area contributed by atoms with Gasteiger partial charge in [0.1, 0.15) is 6.54 Å². The molecule has 4 rings (SSSR count). The lowest BCUT2D eigenvalue weighted by molar-refractivity contribution is -0.162. The van der Waals surface area contributed by atoms with Crippen molar-refractivity contribution in [2.45, 2.75) is 31.9 Å². The zero-order chi connectivity index (χ0) is 20.9. The Morgan fingerprint density at radius 3 is 2.43 bits per heavy atom. The summed E-state index contributed by atoms with van der Waals surface area (Å²) in [6.45, 7) is 1.01. The number of para-hydroxylation sites is 1. The number of benzene rings is 2. The van der Waals surface area contributed by atoms with E-state index in [0.29, 0.717) is 29.6 Å². The summed E-state index contributed by atoms with van der Waals surface area (Å²) in [7, 11) is 0. The molecule has 0 N–H and O–H groups in total. The highest BCUT2D eigenvalue weighted by Crippen LogP contribution is 2.23. The average molecular weight is 405 g/mol. The minimum atomic E-state index is -1.03. The highest BCUT2D eigenvalue weighted by Gasteiger charge is 2.30. The number of likely N-dealkylation sites (tertiary alicyclic amines) is 1. The van der Waals surface area contributed by atoms with E-state index in [1.54, 1.807) is 53.4 Å². The largest absolute Gasteiger partial charge is 0.446 e. The van der Waals surface area contributed by atoms with Crippen molar-refractivity contribution in [3.8, 4) is 0 Å². The first-order chi connectivity index (χ1) is 14.6. The molecule has 0 radical (unpaired) electrons. The number of rotatable bonds is 5. The summed E-state index contributed by atoms with van der Waals surface area (Å²) >= 11 is 0. The molecule has 0 saturated carbocycles. The molecule has 2 heterocycles. The molecule has 7 heteroatoms. The van der Waals surface area contributed by atoms with Gasteiger partial charge in [-0.1, -0.05) is 42.5 Å². The second kappa shape index (κ2) is 8.90. The van der Waals surface area contributed by atoms with Crippen molar-refractivity contribution in [1.82, 2.24) is 14.5 Å². The number of nitrogens with zero attached hydrogens (tertiary/aromatic N) is 3. The number of carbonyl (C=O) groups is 2. The molecule has 0 unspecified atom stereocenters. The van der Waals surface area contributed by atoms with E-state index in [0.717, 1.165) is 19.3 Å². The molecule has 30 heavy (non-hydrogen) atoms. The van der Waals surface area contributed by atoms with Crippen LogP contribution in [0, 0.1) is 0 Å². The van der Waals surface area contributed by atoms with Gasteiger partial charge >= 0.3 is 5.97 Å². The maximum Gasteiger partial charge on any atom is 0.327 e. The number of piperidine rings is 1. The van der Waals surface area contributed by atoms with Crippen LogP contribution in [0.15, 0.2) is 65.7 Å². The first kappa shape index (κ1) is 19.8. The average Bonchev–Trinajstić information content (AvgIpc) is 2.80. The van der Waals surface area contributed by atoms with Crippen molar-refractivity contribution in [2.75, 3.05) is 13.1 Å². The molecular weight excluding hydrogens is 382 g/mol. The number of esters is 1. The van der Waals surface area contributed by atoms with Gasteiger partial charge in [0, 0.05) is 18.7 Å². The van der Waals surface area contributed by atoms with Crippen molar-refractivity contribution in [1.29, 1.82) is 0 Å². The lowest BCUT2D eigenvalue weighted by Gasteiger charge is -2.30. The quantitative estimate of drug-likeness (QED) is 0.610. The molecule has 1 aliphatic rings. The molecule has 1 aromatic heterocycles. The van der Waals surface area contributed by atoms with Gasteiger partial charge < -0.3 is 9.64 Å². The number of amides is 1. The molecule has 0 spiro atoms. The predicted octanol–water partition coefficient (Wildman–Crippen LogP) is 2.69. The highest BCUT2D eigenvalue weighted by atomic mass is 16.5. The standard InChI is InChI=1S/C23H23N3O4/c27-20(15-26-16-24-19-12-6-5-11-18(19)22(26)28)30-21(17-9-3-1-4-10-17)23(29)25-13-7-2-8-14-25/h1,3-6,9-12,16,21H,2,7-8,13-15H2/t21-/m0/s1. The van der Waals surface area contributed by atoms with Crippen LogP contribution in [0.25, 0.3) is 10.9 Å². The molecule has 0 bridgehead atoms. The summed E-state index contributed by atoms with van der Waals surface area (Å²) in [5.41, 5.74) is 0.858. The van der Waals surface area contributed by atoms with Crippen LogP contribution >= 0.6 is 0 Å². The minimum absolute atomic E-state index is 0.224. The van der Waals surface area contributed by atoms with E-state index in [9.17, 15) is 14.4 Å². The topological polar surface area (TPSA) is 81.5 Å². The van der Waals surface area contributed by atoms with Gasteiger partial charge in [0.05, 0.1) is 17.2 Å². The highest BCUT2D eigenvalue weighted by molar-refractivity contribution is 5.85. The van der Waals surface area contributed by atoms with Gasteiger partial charge in [0.15, 0.2) is 0 Å². The van der Waals surface area contributed by atoms with Gasteiger partial charge in [0.25, 0.3) is 11.5 Å². The molecule has 7 nitrogen and oxygen atoms in total. The van der Waals surface area contributed by atoms with Crippen LogP contribution in [-0.2, 0) is 20.9 Å². The SMILES string of the molecule is O=C(Cn1cnc2ccccc2c1=O)O[C@H](C(=O)N1CCCCC1)c1ccccc1. The third kappa shape index (κ3) is 4.25. The lowest BCUT2D eigenvalue weighted by atomic mass is 10.1. The van der Waals surface area contributed by atoms with Gasteiger partial charge in [-0.15, -0.1) is 0 Å². The number of fused-ring (bicyclic) bond motifs is 1. The number of aromatic nitrogens is 2. The summed E-state index contributed by atoms with van der Waals surface area (Å²) in [6.07, 6.45) is 3.28. The summed E-state index contributed by atoms with van der Waals surface area (Å²) in [4.78, 5) is 44.4. The maximum atomic E-state index is 13.1. The second-order valence-corrected chi connectivity index (χ2v) is 7.36. The van der Waals surface area contributed by atoms with Crippen molar-refractivity contribution < 1.29 is 14.3 Å². The van der Waals surface area contributed by atoms with Crippen LogP contribution < -0.4 is 5.56 Å². The Balaban J connectivity index is 1.55. The molecule has 1 aliphatic heterocycles. The number of carbonyl (C=O) groups excluding carboxylic acids is 2. The fraction of sp³-hybridized carbons (Fsp3) is 0.304. The Bertz CT molecular complexity index is 1100. The maximum absolute atomic E-state index is 13.1. The van der Waals surface area contributed by atoms with Crippen LogP contribution in [0.3, 0.4) is 0 Å². The first-order valence-corrected chi connectivity index (χ1v) is 10.1. The summed E-state index contributed by atoms with van der Waals surface area (Å²) in [5.74, 6) is -0.883. The van der Waals surface area contributed by atoms with Crippen molar-refractivity contribution >= 4 is 22.8 Å². The number of hydrogen-bond acceptors (Lipinski definition) is 5. The zero-order valence-electron chi connectivity index (χ0n) is 16.6. The van der Waals surface area contributed by atoms with Crippen molar-refractivity contribution in [3.63, 3.8) is 0 Å². The molecule has 1 fully saturated rings. The van der Waals surface area contributed by atoms with Gasteiger partial charge in [0.2, 0.25) is 6.10 Å². The molecule has 1 amide bonds. The molecule has 154 valence electrons. The predicted molar refractivity (Wildman–Crippen MR) is 112 cm³/mol. The van der Waals surface area contributed by atoms with Crippen LogP contribution in [0.2, 0.25) is 0 Å². The first-order valence-electron chi connectivity index (χ1n) is 10.1. The Morgan fingerprint density at radius 2 is 1.67 bits per heavy atom. The number of hydrogen-bond donors (Lipinski definition) is 0. The lowest BCUT2D eigenvalue weighted by Crippen LogP contribution is -2.40. The van der Waals surface area contributed by atoms with E-state index in [4.69, 9.17) is 4.74 Å². The normalized spacial score (nSPS) is 15.0. The van der Waals surface area contributed by atoms with Crippen LogP contribution in [-0.4, -0.2) is 39.4 Å². The van der Waals surface area contributed by atoms with E-state index in [-0.39, 0.29) is 18.0 Å². The molecule has 1 saturated heterocycles. The van der Waals surface area contributed by atoms with Crippen LogP contribution in [0.1, 0.15) is 30.9 Å². The zero-order valence-corrected chi connectivity index (χ0v) is 16.6. The molecule has 1 atom stereocenters. The molecule has 2 aromatic carbocycles. The molecular formula is C23H23N3O4. The second-order valence-electron chi connectivity index (χ2n) is 7.36. The molecule has 0 aliphatic carbocycles. The fourth-order valence-electron chi connectivity index (χ4n) is 3.70. The third-order valence-electron chi connectivity index (χ3n) is 5.27. The Hall–Kier alpha value is -3.48. The van der Waals surface area contributed by atoms with E-state index in [2.05, 4.69) is 4.98 Å². The summed E-state index contributed by atoms with van der Waals surface area (Å²) < 4.78 is 6.81. The van der Waals surface area contributed by atoms with Gasteiger partial charge in [-0.2, -0.15) is 0 Å². The summed E-state index contributed by atoms with van der Waals surface area (Å²) in [5, 5.41) is 0.428.